The van der Waals surface area contributed by atoms with Gasteiger partial charge >= 0.3 is 0 Å². The quantitative estimate of drug-likeness (QED) is 0.671. The third-order valence-corrected chi connectivity index (χ3v) is 3.18. The second-order valence-electron chi connectivity index (χ2n) is 4.76. The second kappa shape index (κ2) is 6.65. The molecule has 2 rings (SSSR count). The van der Waals surface area contributed by atoms with Gasteiger partial charge in [0, 0.05) is 17.8 Å². The van der Waals surface area contributed by atoms with Gasteiger partial charge in [-0.1, -0.05) is 19.1 Å². The van der Waals surface area contributed by atoms with Gasteiger partial charge in [0.1, 0.15) is 0 Å². The van der Waals surface area contributed by atoms with Crippen molar-refractivity contribution in [3.8, 4) is 0 Å². The van der Waals surface area contributed by atoms with E-state index in [1.54, 1.807) is 18.2 Å². The van der Waals surface area contributed by atoms with E-state index in [2.05, 4.69) is 5.32 Å². The fraction of sp³-hybridized carbons (Fsp3) is 0.133. The molecule has 0 aromatic heterocycles. The van der Waals surface area contributed by atoms with E-state index >= 15 is 0 Å². The number of benzene rings is 2. The summed E-state index contributed by atoms with van der Waals surface area (Å²) >= 11 is 0. The molecule has 0 saturated carbocycles. The summed E-state index contributed by atoms with van der Waals surface area (Å²) in [6.07, 6.45) is 0.784. The largest absolute Gasteiger partial charge is 0.322 e. The van der Waals surface area contributed by atoms with Crippen LogP contribution in [0.3, 0.4) is 0 Å². The fourth-order valence-electron chi connectivity index (χ4n) is 2.01. The molecule has 8 heteroatoms. The minimum Gasteiger partial charge on any atom is -0.322 e. The highest BCUT2D eigenvalue weighted by Crippen LogP contribution is 2.23. The van der Waals surface area contributed by atoms with Gasteiger partial charge in [-0.05, 0) is 24.1 Å². The van der Waals surface area contributed by atoms with Gasteiger partial charge in [0.15, 0.2) is 0 Å². The number of aryl methyl sites for hydroxylation is 1. The molecule has 0 bridgehead atoms. The normalized spacial score (nSPS) is 10.1. The number of amides is 1. The van der Waals surface area contributed by atoms with Crippen LogP contribution in [-0.4, -0.2) is 15.8 Å². The van der Waals surface area contributed by atoms with E-state index in [1.807, 2.05) is 13.0 Å². The second-order valence-corrected chi connectivity index (χ2v) is 4.76. The van der Waals surface area contributed by atoms with Gasteiger partial charge in [-0.15, -0.1) is 0 Å². The molecule has 0 aliphatic rings. The van der Waals surface area contributed by atoms with Crippen molar-refractivity contribution in [3.05, 3.63) is 73.8 Å². The monoisotopic (exact) mass is 315 g/mol. The zero-order chi connectivity index (χ0) is 17.0. The van der Waals surface area contributed by atoms with E-state index in [4.69, 9.17) is 0 Å². The minimum atomic E-state index is -0.776. The fourth-order valence-corrected chi connectivity index (χ4v) is 2.01. The summed E-state index contributed by atoms with van der Waals surface area (Å²) in [5.74, 6) is -0.648. The number of anilines is 1. The molecule has 2 aromatic carbocycles. The summed E-state index contributed by atoms with van der Waals surface area (Å²) in [4.78, 5) is 32.3. The molecule has 1 amide bonds. The Balaban J connectivity index is 2.34. The van der Waals surface area contributed by atoms with Crippen molar-refractivity contribution in [2.24, 2.45) is 0 Å². The van der Waals surface area contributed by atoms with Gasteiger partial charge in [-0.3, -0.25) is 25.0 Å². The van der Waals surface area contributed by atoms with Crippen molar-refractivity contribution >= 4 is 23.0 Å². The topological polar surface area (TPSA) is 115 Å². The molecule has 0 fully saturated rings. The summed E-state index contributed by atoms with van der Waals surface area (Å²) in [6, 6.07) is 9.93. The zero-order valence-corrected chi connectivity index (χ0v) is 12.2. The third-order valence-electron chi connectivity index (χ3n) is 3.18. The van der Waals surface area contributed by atoms with Crippen LogP contribution in [0, 0.1) is 20.2 Å². The van der Waals surface area contributed by atoms with Gasteiger partial charge < -0.3 is 5.32 Å². The maximum atomic E-state index is 12.2. The van der Waals surface area contributed by atoms with Crippen molar-refractivity contribution in [2.75, 3.05) is 5.32 Å². The lowest BCUT2D eigenvalue weighted by Crippen LogP contribution is -2.12. The molecule has 0 aliphatic carbocycles. The Morgan fingerprint density at radius 2 is 1.65 bits per heavy atom. The van der Waals surface area contributed by atoms with Crippen LogP contribution in [0.5, 0.6) is 0 Å². The SMILES string of the molecule is CCc1cccc(NC(=O)c2cc([N+](=O)[O-])cc([N+](=O)[O-])c2)c1. The van der Waals surface area contributed by atoms with Gasteiger partial charge in [-0.2, -0.15) is 0 Å². The Morgan fingerprint density at radius 1 is 1.04 bits per heavy atom. The average Bonchev–Trinajstić information content (AvgIpc) is 2.54. The minimum absolute atomic E-state index is 0.146. The van der Waals surface area contributed by atoms with Crippen LogP contribution in [0.4, 0.5) is 17.1 Å². The van der Waals surface area contributed by atoms with Crippen molar-refractivity contribution in [2.45, 2.75) is 13.3 Å². The maximum absolute atomic E-state index is 12.2. The zero-order valence-electron chi connectivity index (χ0n) is 12.2. The predicted molar refractivity (Wildman–Crippen MR) is 83.5 cm³/mol. The van der Waals surface area contributed by atoms with Crippen molar-refractivity contribution < 1.29 is 14.6 Å². The molecule has 0 heterocycles. The van der Waals surface area contributed by atoms with Gasteiger partial charge in [0.05, 0.1) is 21.5 Å². The average molecular weight is 315 g/mol. The van der Waals surface area contributed by atoms with E-state index in [-0.39, 0.29) is 5.56 Å². The molecule has 0 atom stereocenters. The van der Waals surface area contributed by atoms with E-state index in [0.717, 1.165) is 30.2 Å². The lowest BCUT2D eigenvalue weighted by molar-refractivity contribution is -0.394. The number of hydrogen-bond donors (Lipinski definition) is 1. The predicted octanol–water partition coefficient (Wildman–Crippen LogP) is 3.32. The number of hydrogen-bond acceptors (Lipinski definition) is 5. The van der Waals surface area contributed by atoms with Gasteiger partial charge in [0.25, 0.3) is 17.3 Å². The Morgan fingerprint density at radius 3 is 2.17 bits per heavy atom. The summed E-state index contributed by atoms with van der Waals surface area (Å²) < 4.78 is 0. The molecule has 0 unspecified atom stereocenters. The lowest BCUT2D eigenvalue weighted by Gasteiger charge is -2.07. The molecule has 0 aliphatic heterocycles. The van der Waals surface area contributed by atoms with Crippen LogP contribution in [0.2, 0.25) is 0 Å². The molecule has 0 saturated heterocycles. The molecular weight excluding hydrogens is 302 g/mol. The molecule has 23 heavy (non-hydrogen) atoms. The Hall–Kier alpha value is -3.29. The molecule has 0 radical (unpaired) electrons. The van der Waals surface area contributed by atoms with Crippen molar-refractivity contribution in [1.29, 1.82) is 0 Å². The van der Waals surface area contributed by atoms with E-state index < -0.39 is 27.1 Å². The van der Waals surface area contributed by atoms with Crippen LogP contribution < -0.4 is 5.32 Å². The number of nitro benzene ring substituents is 2. The highest BCUT2D eigenvalue weighted by Gasteiger charge is 2.19. The van der Waals surface area contributed by atoms with Crippen LogP contribution in [0.25, 0.3) is 0 Å². The molecule has 8 nitrogen and oxygen atoms in total. The van der Waals surface area contributed by atoms with Crippen LogP contribution in [0.1, 0.15) is 22.8 Å². The molecule has 118 valence electrons. The Bertz CT molecular complexity index is 756. The number of nitro groups is 2. The first-order chi connectivity index (χ1) is 10.9. The molecule has 2 aromatic rings. The smallest absolute Gasteiger partial charge is 0.277 e. The number of carbonyl (C=O) groups excluding carboxylic acids is 1. The first kappa shape index (κ1) is 16.1. The number of nitrogens with zero attached hydrogens (tertiary/aromatic N) is 2. The summed E-state index contributed by atoms with van der Waals surface area (Å²) in [5, 5.41) is 24.3. The number of carbonyl (C=O) groups is 1. The number of nitrogens with one attached hydrogen (secondary N) is 1. The Kier molecular flexibility index (Phi) is 4.65. The van der Waals surface area contributed by atoms with Crippen LogP contribution in [0.15, 0.2) is 42.5 Å². The first-order valence-corrected chi connectivity index (χ1v) is 6.75. The highest BCUT2D eigenvalue weighted by molar-refractivity contribution is 6.05. The van der Waals surface area contributed by atoms with Crippen LogP contribution >= 0.6 is 0 Å². The van der Waals surface area contributed by atoms with E-state index in [9.17, 15) is 25.0 Å². The number of rotatable bonds is 5. The standard InChI is InChI=1S/C15H13N3O5/c1-2-10-4-3-5-12(6-10)16-15(19)11-7-13(17(20)21)9-14(8-11)18(22)23/h3-9H,2H2,1H3,(H,16,19). The number of non-ortho nitro benzene ring substituents is 2. The van der Waals surface area contributed by atoms with Crippen LogP contribution in [-0.2, 0) is 6.42 Å². The van der Waals surface area contributed by atoms with E-state index in [1.165, 1.54) is 0 Å². The molecule has 1 N–H and O–H groups in total. The lowest BCUT2D eigenvalue weighted by atomic mass is 10.1. The van der Waals surface area contributed by atoms with Crippen molar-refractivity contribution in [1.82, 2.24) is 0 Å². The Labute approximate surface area is 131 Å². The highest BCUT2D eigenvalue weighted by atomic mass is 16.6. The first-order valence-electron chi connectivity index (χ1n) is 6.75. The summed E-state index contributed by atoms with van der Waals surface area (Å²) in [7, 11) is 0. The van der Waals surface area contributed by atoms with E-state index in [0.29, 0.717) is 5.69 Å². The molecular formula is C15H13N3O5. The maximum Gasteiger partial charge on any atom is 0.277 e. The third kappa shape index (κ3) is 3.88. The molecule has 0 spiro atoms. The van der Waals surface area contributed by atoms with Crippen molar-refractivity contribution in [3.63, 3.8) is 0 Å². The van der Waals surface area contributed by atoms with Gasteiger partial charge in [-0.25, -0.2) is 0 Å². The summed E-state index contributed by atoms with van der Waals surface area (Å²) in [5.41, 5.74) is 0.363. The summed E-state index contributed by atoms with van der Waals surface area (Å²) in [6.45, 7) is 1.96. The van der Waals surface area contributed by atoms with Gasteiger partial charge in [0.2, 0.25) is 0 Å².